The molecule has 3 aliphatic heterocycles. The summed E-state index contributed by atoms with van der Waals surface area (Å²) in [7, 11) is 1.48. The van der Waals surface area contributed by atoms with Gasteiger partial charge in [0, 0.05) is 56.4 Å². The predicted molar refractivity (Wildman–Crippen MR) is 187 cm³/mol. The molecule has 0 radical (unpaired) electrons. The number of nitrogens with zero attached hydrogens (tertiary/aromatic N) is 6. The van der Waals surface area contributed by atoms with Crippen molar-refractivity contribution in [1.82, 2.24) is 19.8 Å². The van der Waals surface area contributed by atoms with Crippen molar-refractivity contribution in [2.45, 2.75) is 69.5 Å². The molecule has 0 saturated carbocycles. The summed E-state index contributed by atoms with van der Waals surface area (Å²) in [6.07, 6.45) is -4.11. The minimum absolute atomic E-state index is 0.0360. The van der Waals surface area contributed by atoms with E-state index in [4.69, 9.17) is 15.2 Å². The van der Waals surface area contributed by atoms with Crippen molar-refractivity contribution in [2.24, 2.45) is 0 Å². The Morgan fingerprint density at radius 3 is 2.70 bits per heavy atom. The van der Waals surface area contributed by atoms with Crippen LogP contribution in [-0.4, -0.2) is 96.0 Å². The fourth-order valence-electron chi connectivity index (χ4n) is 8.62. The Balaban J connectivity index is 1.48. The van der Waals surface area contributed by atoms with Crippen LogP contribution in [0.2, 0.25) is 0 Å². The number of alkyl halides is 4. The van der Waals surface area contributed by atoms with Gasteiger partial charge in [0.1, 0.15) is 41.0 Å². The zero-order valence-electron chi connectivity index (χ0n) is 29.2. The summed E-state index contributed by atoms with van der Waals surface area (Å²) in [5.41, 5.74) is 1.82. The van der Waals surface area contributed by atoms with Gasteiger partial charge in [-0.15, -0.1) is 11.3 Å². The maximum atomic E-state index is 17.3. The van der Waals surface area contributed by atoms with Crippen molar-refractivity contribution in [3.05, 3.63) is 41.0 Å². The van der Waals surface area contributed by atoms with Crippen LogP contribution in [0.4, 0.5) is 37.2 Å². The number of hydrogen-bond donors (Lipinski definition) is 1. The minimum atomic E-state index is -5.14. The second kappa shape index (κ2) is 13.8. The Kier molecular flexibility index (Phi) is 9.61. The molecule has 2 N–H and O–H groups in total. The number of ether oxygens (including phenoxy) is 2. The third-order valence-corrected chi connectivity index (χ3v) is 11.9. The Bertz CT molecular complexity index is 2140. The van der Waals surface area contributed by atoms with E-state index >= 15 is 22.0 Å². The zero-order chi connectivity index (χ0) is 38.0. The number of nitriles is 1. The van der Waals surface area contributed by atoms with Gasteiger partial charge in [-0.05, 0) is 50.4 Å². The van der Waals surface area contributed by atoms with Crippen LogP contribution in [0.1, 0.15) is 50.7 Å². The summed E-state index contributed by atoms with van der Waals surface area (Å²) in [6, 6.07) is 3.15. The molecule has 5 heterocycles. The summed E-state index contributed by atoms with van der Waals surface area (Å²) >= 11 is 0.675. The second-order valence-electron chi connectivity index (χ2n) is 13.8. The lowest BCUT2D eigenvalue weighted by atomic mass is 9.92. The average molecular weight is 762 g/mol. The zero-order valence-corrected chi connectivity index (χ0v) is 30.0. The number of carbonyl (C=O) groups is 1. The first-order chi connectivity index (χ1) is 25.2. The SMILES string of the molecule is CCN(c1nc(OCC23CCCN2CC(F)C3)nc2c(F)c(-c3ccc(F)c4sc(N)c(C#N)c34)c(C(F)(F)F)cc12)C1CCN(C(C)=O)C1COC. The Morgan fingerprint density at radius 1 is 1.25 bits per heavy atom. The first kappa shape index (κ1) is 36.9. The van der Waals surface area contributed by atoms with Crippen molar-refractivity contribution in [1.29, 1.82) is 5.26 Å². The number of anilines is 2. The quantitative estimate of drug-likeness (QED) is 0.186. The number of thiophene rings is 1. The van der Waals surface area contributed by atoms with Gasteiger partial charge < -0.3 is 25.0 Å². The molecular weight excluding hydrogens is 724 g/mol. The fourth-order valence-corrected chi connectivity index (χ4v) is 9.57. The van der Waals surface area contributed by atoms with Gasteiger partial charge >= 0.3 is 12.2 Å². The molecule has 17 heteroatoms. The van der Waals surface area contributed by atoms with Crippen molar-refractivity contribution >= 4 is 49.1 Å². The van der Waals surface area contributed by atoms with Gasteiger partial charge in [-0.1, -0.05) is 6.07 Å². The molecule has 3 saturated heterocycles. The number of nitrogens with two attached hydrogens (primary N) is 1. The molecule has 2 aromatic carbocycles. The minimum Gasteiger partial charge on any atom is -0.461 e. The van der Waals surface area contributed by atoms with Gasteiger partial charge in [-0.3, -0.25) is 9.69 Å². The molecule has 0 bridgehead atoms. The molecular formula is C36H37F6N7O3S. The highest BCUT2D eigenvalue weighted by molar-refractivity contribution is 7.23. The lowest BCUT2D eigenvalue weighted by Crippen LogP contribution is -2.49. The van der Waals surface area contributed by atoms with Crippen LogP contribution in [0.25, 0.3) is 32.1 Å². The topological polar surface area (TPSA) is 121 Å². The van der Waals surface area contributed by atoms with Crippen LogP contribution in [0, 0.1) is 23.0 Å². The number of rotatable bonds is 9. The highest BCUT2D eigenvalue weighted by Gasteiger charge is 2.50. The predicted octanol–water partition coefficient (Wildman–Crippen LogP) is 6.68. The molecule has 10 nitrogen and oxygen atoms in total. The molecule has 53 heavy (non-hydrogen) atoms. The first-order valence-electron chi connectivity index (χ1n) is 17.3. The number of benzene rings is 2. The van der Waals surface area contributed by atoms with Gasteiger partial charge in [-0.2, -0.15) is 28.4 Å². The van der Waals surface area contributed by atoms with E-state index in [-0.39, 0.29) is 82.1 Å². The maximum Gasteiger partial charge on any atom is 0.417 e. The lowest BCUT2D eigenvalue weighted by Gasteiger charge is -2.36. The van der Waals surface area contributed by atoms with Crippen LogP contribution in [0.5, 0.6) is 6.01 Å². The Labute approximate surface area is 305 Å². The number of hydrogen-bond acceptors (Lipinski definition) is 10. The molecule has 0 spiro atoms. The molecule has 1 amide bonds. The van der Waals surface area contributed by atoms with Crippen molar-refractivity contribution in [3.8, 4) is 23.2 Å². The lowest BCUT2D eigenvalue weighted by molar-refractivity contribution is -0.137. The first-order valence-corrected chi connectivity index (χ1v) is 18.1. The van der Waals surface area contributed by atoms with Gasteiger partial charge in [0.15, 0.2) is 5.82 Å². The van der Waals surface area contributed by atoms with E-state index in [1.54, 1.807) is 16.7 Å². The van der Waals surface area contributed by atoms with Gasteiger partial charge in [0.05, 0.1) is 40.1 Å². The fraction of sp³-hybridized carbons (Fsp3) is 0.500. The summed E-state index contributed by atoms with van der Waals surface area (Å²) in [4.78, 5) is 26.9. The standard InChI is InChI=1S/C36H37F6N7O3S/c1-4-48(25-8-11-49(18(2)50)26(25)16-51-3)33-21-12-23(36(40,41)42)28(20-6-7-24(38)31-27(20)22(14-43)32(44)53-31)29(39)30(21)45-34(46-33)52-17-35-9-5-10-47(35)15-19(37)13-35/h6-7,12,19,25-26H,4-5,8-11,13,15-17,44H2,1-3H3. The molecule has 3 aliphatic rings. The summed E-state index contributed by atoms with van der Waals surface area (Å²) in [6.45, 7) is 4.72. The van der Waals surface area contributed by atoms with Crippen LogP contribution in [0.3, 0.4) is 0 Å². The van der Waals surface area contributed by atoms with E-state index in [0.717, 1.165) is 24.6 Å². The molecule has 0 aliphatic carbocycles. The molecule has 2 aromatic heterocycles. The molecule has 282 valence electrons. The van der Waals surface area contributed by atoms with E-state index in [0.29, 0.717) is 37.3 Å². The number of aromatic nitrogens is 2. The van der Waals surface area contributed by atoms with Crippen molar-refractivity contribution in [2.75, 3.05) is 57.1 Å². The van der Waals surface area contributed by atoms with E-state index in [2.05, 4.69) is 9.97 Å². The number of fused-ring (bicyclic) bond motifs is 3. The van der Waals surface area contributed by atoms with Crippen LogP contribution in [0.15, 0.2) is 18.2 Å². The van der Waals surface area contributed by atoms with E-state index < -0.39 is 58.2 Å². The normalized spacial score (nSPS) is 23.2. The summed E-state index contributed by atoms with van der Waals surface area (Å²) in [5, 5.41) is 9.22. The molecule has 4 aromatic rings. The van der Waals surface area contributed by atoms with Gasteiger partial charge in [0.25, 0.3) is 0 Å². The monoisotopic (exact) mass is 761 g/mol. The number of nitrogen functional groups attached to an aromatic ring is 1. The van der Waals surface area contributed by atoms with Crippen LogP contribution < -0.4 is 15.4 Å². The van der Waals surface area contributed by atoms with Crippen molar-refractivity contribution in [3.63, 3.8) is 0 Å². The van der Waals surface area contributed by atoms with E-state index in [1.807, 2.05) is 11.0 Å². The van der Waals surface area contributed by atoms with E-state index in [9.17, 15) is 14.4 Å². The number of likely N-dealkylation sites (N-methyl/N-ethyl adjacent to an activating group) is 1. The van der Waals surface area contributed by atoms with Gasteiger partial charge in [-0.25, -0.2) is 13.2 Å². The highest BCUT2D eigenvalue weighted by atomic mass is 32.1. The maximum absolute atomic E-state index is 17.3. The Morgan fingerprint density at radius 2 is 2.02 bits per heavy atom. The molecule has 3 fully saturated rings. The molecule has 4 atom stereocenters. The van der Waals surface area contributed by atoms with Crippen molar-refractivity contribution < 1.29 is 40.6 Å². The second-order valence-corrected chi connectivity index (χ2v) is 14.9. The summed E-state index contributed by atoms with van der Waals surface area (Å²) in [5.74, 6) is -2.49. The summed E-state index contributed by atoms with van der Waals surface area (Å²) < 4.78 is 104. The number of carbonyl (C=O) groups excluding carboxylic acids is 1. The third-order valence-electron chi connectivity index (χ3n) is 10.9. The number of halogens is 6. The van der Waals surface area contributed by atoms with Gasteiger partial charge in [0.2, 0.25) is 5.91 Å². The highest BCUT2D eigenvalue weighted by Crippen LogP contribution is 2.48. The number of methoxy groups -OCH3 is 1. The molecule has 7 rings (SSSR count). The third kappa shape index (κ3) is 6.18. The number of amides is 1. The van der Waals surface area contributed by atoms with Crippen LogP contribution in [-0.2, 0) is 15.7 Å². The Hall–Kier alpha value is -4.40. The number of likely N-dealkylation sites (tertiary alicyclic amines) is 1. The average Bonchev–Trinajstić information content (AvgIpc) is 3.86. The largest absolute Gasteiger partial charge is 0.461 e. The van der Waals surface area contributed by atoms with Crippen LogP contribution >= 0.6 is 11.3 Å². The van der Waals surface area contributed by atoms with E-state index in [1.165, 1.54) is 14.0 Å². The smallest absolute Gasteiger partial charge is 0.417 e. The molecule has 4 unspecified atom stereocenters.